The lowest BCUT2D eigenvalue weighted by molar-refractivity contribution is -0.141. The molecule has 25 heavy (non-hydrogen) atoms. The molecule has 0 spiro atoms. The van der Waals surface area contributed by atoms with Crippen LogP contribution in [0.1, 0.15) is 24.5 Å². The summed E-state index contributed by atoms with van der Waals surface area (Å²) in [7, 11) is 0. The number of rotatable bonds is 6. The van der Waals surface area contributed by atoms with Crippen molar-refractivity contribution in [1.82, 2.24) is 10.2 Å². The molecule has 0 bridgehead atoms. The predicted molar refractivity (Wildman–Crippen MR) is 101 cm³/mol. The van der Waals surface area contributed by atoms with Crippen LogP contribution in [-0.4, -0.2) is 44.7 Å². The van der Waals surface area contributed by atoms with Crippen molar-refractivity contribution < 1.29 is 19.5 Å². The van der Waals surface area contributed by atoms with Crippen molar-refractivity contribution in [2.24, 2.45) is 0 Å². The molecule has 0 aliphatic carbocycles. The molecule has 1 heterocycles. The SMILES string of the molecule is Cc1ccc(/C=C2\SC(=S)N(CCC(=O)NC(C)C(=O)O)C2=O)cc1. The first-order valence-electron chi connectivity index (χ1n) is 7.62. The molecule has 1 fully saturated rings. The highest BCUT2D eigenvalue weighted by molar-refractivity contribution is 8.26. The van der Waals surface area contributed by atoms with E-state index < -0.39 is 17.9 Å². The van der Waals surface area contributed by atoms with E-state index in [4.69, 9.17) is 17.3 Å². The molecule has 1 saturated heterocycles. The largest absolute Gasteiger partial charge is 0.480 e. The van der Waals surface area contributed by atoms with Gasteiger partial charge >= 0.3 is 5.97 Å². The normalized spacial score (nSPS) is 17.0. The monoisotopic (exact) mass is 378 g/mol. The molecule has 132 valence electrons. The summed E-state index contributed by atoms with van der Waals surface area (Å²) < 4.78 is 0.391. The predicted octanol–water partition coefficient (Wildman–Crippen LogP) is 2.18. The van der Waals surface area contributed by atoms with E-state index in [-0.39, 0.29) is 18.9 Å². The quantitative estimate of drug-likeness (QED) is 0.583. The number of nitrogens with one attached hydrogen (secondary N) is 1. The topological polar surface area (TPSA) is 86.7 Å². The Kier molecular flexibility index (Phi) is 6.33. The van der Waals surface area contributed by atoms with Gasteiger partial charge in [0.25, 0.3) is 5.91 Å². The molecule has 1 atom stereocenters. The summed E-state index contributed by atoms with van der Waals surface area (Å²) in [4.78, 5) is 36.8. The number of carboxylic acids is 1. The first kappa shape index (κ1) is 19.1. The Morgan fingerprint density at radius 3 is 2.60 bits per heavy atom. The molecule has 1 aliphatic heterocycles. The Morgan fingerprint density at radius 2 is 2.00 bits per heavy atom. The van der Waals surface area contributed by atoms with Gasteiger partial charge in [-0.1, -0.05) is 53.8 Å². The van der Waals surface area contributed by atoms with Crippen molar-refractivity contribution in [3.63, 3.8) is 0 Å². The molecule has 1 aromatic carbocycles. The van der Waals surface area contributed by atoms with Crippen LogP contribution in [0.3, 0.4) is 0 Å². The number of thioether (sulfide) groups is 1. The third-order valence-corrected chi connectivity index (χ3v) is 4.94. The van der Waals surface area contributed by atoms with E-state index in [9.17, 15) is 14.4 Å². The fraction of sp³-hybridized carbons (Fsp3) is 0.294. The lowest BCUT2D eigenvalue weighted by Gasteiger charge is -2.15. The van der Waals surface area contributed by atoms with E-state index in [1.165, 1.54) is 23.6 Å². The van der Waals surface area contributed by atoms with Gasteiger partial charge in [0.2, 0.25) is 5.91 Å². The number of carboxylic acid groups (broad SMARTS) is 1. The average molecular weight is 378 g/mol. The molecule has 8 heteroatoms. The van der Waals surface area contributed by atoms with Gasteiger partial charge in [-0.15, -0.1) is 0 Å². The van der Waals surface area contributed by atoms with E-state index in [1.807, 2.05) is 31.2 Å². The third kappa shape index (κ3) is 5.14. The first-order chi connectivity index (χ1) is 11.8. The third-order valence-electron chi connectivity index (χ3n) is 3.56. The van der Waals surface area contributed by atoms with Crippen LogP contribution < -0.4 is 5.32 Å². The second kappa shape index (κ2) is 8.26. The molecular weight excluding hydrogens is 360 g/mol. The number of hydrogen-bond acceptors (Lipinski definition) is 5. The van der Waals surface area contributed by atoms with Crippen molar-refractivity contribution in [1.29, 1.82) is 0 Å². The fourth-order valence-corrected chi connectivity index (χ4v) is 3.40. The standard InChI is InChI=1S/C17H18N2O4S2/c1-10-3-5-12(6-4-10)9-13-15(21)19(17(24)25-13)8-7-14(20)18-11(2)16(22)23/h3-6,9,11H,7-8H2,1-2H3,(H,18,20)(H,22,23)/b13-9-. The number of amides is 2. The van der Waals surface area contributed by atoms with Crippen LogP contribution in [0.15, 0.2) is 29.2 Å². The zero-order chi connectivity index (χ0) is 18.6. The van der Waals surface area contributed by atoms with Crippen LogP contribution in [-0.2, 0) is 14.4 Å². The van der Waals surface area contributed by atoms with Gasteiger partial charge in [0, 0.05) is 13.0 Å². The minimum atomic E-state index is -1.11. The second-order valence-corrected chi connectivity index (χ2v) is 7.30. The van der Waals surface area contributed by atoms with Crippen LogP contribution in [0.2, 0.25) is 0 Å². The molecule has 0 aromatic heterocycles. The molecule has 6 nitrogen and oxygen atoms in total. The maximum absolute atomic E-state index is 12.5. The molecule has 0 saturated carbocycles. The maximum Gasteiger partial charge on any atom is 0.325 e. The van der Waals surface area contributed by atoms with Crippen LogP contribution in [0.5, 0.6) is 0 Å². The highest BCUT2D eigenvalue weighted by Gasteiger charge is 2.32. The smallest absolute Gasteiger partial charge is 0.325 e. The van der Waals surface area contributed by atoms with Crippen LogP contribution in [0.4, 0.5) is 0 Å². The van der Waals surface area contributed by atoms with E-state index in [0.717, 1.165) is 11.1 Å². The van der Waals surface area contributed by atoms with Crippen molar-refractivity contribution in [3.05, 3.63) is 40.3 Å². The van der Waals surface area contributed by atoms with Crippen molar-refractivity contribution in [2.45, 2.75) is 26.3 Å². The highest BCUT2D eigenvalue weighted by atomic mass is 32.2. The number of thiocarbonyl (C=S) groups is 1. The van der Waals surface area contributed by atoms with Gasteiger partial charge in [0.1, 0.15) is 10.4 Å². The molecule has 2 amide bonds. The molecule has 0 radical (unpaired) electrons. The van der Waals surface area contributed by atoms with Crippen LogP contribution in [0, 0.1) is 6.92 Å². The van der Waals surface area contributed by atoms with Crippen molar-refractivity contribution in [3.8, 4) is 0 Å². The number of carbonyl (C=O) groups excluding carboxylic acids is 2. The first-order valence-corrected chi connectivity index (χ1v) is 8.84. The lowest BCUT2D eigenvalue weighted by Crippen LogP contribution is -2.40. The Balaban J connectivity index is 1.98. The van der Waals surface area contributed by atoms with Gasteiger partial charge in [-0.05, 0) is 25.5 Å². The molecule has 1 unspecified atom stereocenters. The van der Waals surface area contributed by atoms with Crippen molar-refractivity contribution in [2.75, 3.05) is 6.54 Å². The fourth-order valence-electron chi connectivity index (χ4n) is 2.10. The average Bonchev–Trinajstić information content (AvgIpc) is 2.81. The number of aryl methyl sites for hydroxylation is 1. The molecule has 1 aliphatic rings. The van der Waals surface area contributed by atoms with E-state index >= 15 is 0 Å². The van der Waals surface area contributed by atoms with Crippen LogP contribution in [0.25, 0.3) is 6.08 Å². The summed E-state index contributed by atoms with van der Waals surface area (Å²) in [6.45, 7) is 3.48. The second-order valence-electron chi connectivity index (χ2n) is 5.62. The highest BCUT2D eigenvalue weighted by Crippen LogP contribution is 2.32. The lowest BCUT2D eigenvalue weighted by atomic mass is 10.1. The van der Waals surface area contributed by atoms with Gasteiger partial charge in [0.05, 0.1) is 4.91 Å². The number of hydrogen-bond donors (Lipinski definition) is 2. The molecule has 2 N–H and O–H groups in total. The summed E-state index contributed by atoms with van der Waals surface area (Å²) in [5, 5.41) is 11.1. The molecular formula is C17H18N2O4S2. The van der Waals surface area contributed by atoms with E-state index in [2.05, 4.69) is 5.32 Å². The summed E-state index contributed by atoms with van der Waals surface area (Å²) in [6, 6.07) is 6.78. The van der Waals surface area contributed by atoms with Gasteiger partial charge < -0.3 is 10.4 Å². The minimum absolute atomic E-state index is 0.0120. The molecule has 2 rings (SSSR count). The van der Waals surface area contributed by atoms with Gasteiger partial charge in [-0.3, -0.25) is 19.3 Å². The zero-order valence-corrected chi connectivity index (χ0v) is 15.4. The van der Waals surface area contributed by atoms with Gasteiger partial charge in [-0.25, -0.2) is 0 Å². The Bertz CT molecular complexity index is 744. The zero-order valence-electron chi connectivity index (χ0n) is 13.8. The Morgan fingerprint density at radius 1 is 1.36 bits per heavy atom. The maximum atomic E-state index is 12.5. The summed E-state index contributed by atoms with van der Waals surface area (Å²) >= 11 is 6.41. The summed E-state index contributed by atoms with van der Waals surface area (Å²) in [6.07, 6.45) is 1.76. The van der Waals surface area contributed by atoms with E-state index in [0.29, 0.717) is 9.23 Å². The van der Waals surface area contributed by atoms with E-state index in [1.54, 1.807) is 6.08 Å². The van der Waals surface area contributed by atoms with Gasteiger partial charge in [0.15, 0.2) is 0 Å². The van der Waals surface area contributed by atoms with Gasteiger partial charge in [-0.2, -0.15) is 0 Å². The number of carbonyl (C=O) groups is 3. The summed E-state index contributed by atoms with van der Waals surface area (Å²) in [5.41, 5.74) is 2.03. The number of benzene rings is 1. The number of aliphatic carboxylic acids is 1. The summed E-state index contributed by atoms with van der Waals surface area (Å²) in [5.74, 6) is -1.79. The Labute approximate surface area is 155 Å². The Hall–Kier alpha value is -2.19. The van der Waals surface area contributed by atoms with Crippen molar-refractivity contribution >= 4 is 52.2 Å². The minimum Gasteiger partial charge on any atom is -0.480 e. The van der Waals surface area contributed by atoms with Crippen LogP contribution >= 0.6 is 24.0 Å². The molecule has 1 aromatic rings. The number of nitrogens with zero attached hydrogens (tertiary/aromatic N) is 1.